The number of ether oxygens (including phenoxy) is 3. The number of methoxy groups -OCH3 is 2. The summed E-state index contributed by atoms with van der Waals surface area (Å²) in [5.41, 5.74) is 2.13. The lowest BCUT2D eigenvalue weighted by atomic mass is 10.0. The van der Waals surface area contributed by atoms with Crippen LogP contribution in [0.5, 0.6) is 11.5 Å². The number of benzene rings is 2. The minimum atomic E-state index is -0.508. The zero-order valence-corrected chi connectivity index (χ0v) is 18.2. The fraction of sp³-hybridized carbons (Fsp3) is 0.182. The van der Waals surface area contributed by atoms with Gasteiger partial charge in [-0.2, -0.15) is 0 Å². The molecule has 0 aliphatic rings. The molecule has 0 atom stereocenters. The zero-order valence-electron chi connectivity index (χ0n) is 16.7. The molecular formula is C22H20ClNO5S. The van der Waals surface area contributed by atoms with Gasteiger partial charge < -0.3 is 19.5 Å². The van der Waals surface area contributed by atoms with Gasteiger partial charge in [0, 0.05) is 21.5 Å². The highest BCUT2D eigenvalue weighted by Gasteiger charge is 2.23. The monoisotopic (exact) mass is 445 g/mol. The first kappa shape index (κ1) is 21.7. The molecule has 0 aliphatic heterocycles. The maximum atomic E-state index is 12.8. The first-order chi connectivity index (χ1) is 14.5. The smallest absolute Gasteiger partial charge is 0.341 e. The molecule has 6 nitrogen and oxygen atoms in total. The Kier molecular flexibility index (Phi) is 6.97. The molecule has 1 aromatic heterocycles. The molecule has 0 aliphatic carbocycles. The Labute approximate surface area is 183 Å². The number of nitrogens with one attached hydrogen (secondary N) is 1. The Morgan fingerprint density at radius 1 is 1.03 bits per heavy atom. The van der Waals surface area contributed by atoms with E-state index >= 15 is 0 Å². The van der Waals surface area contributed by atoms with Crippen LogP contribution in [0.1, 0.15) is 27.6 Å². The highest BCUT2D eigenvalue weighted by atomic mass is 35.5. The molecule has 0 unspecified atom stereocenters. The Bertz CT molecular complexity index is 1060. The molecule has 1 heterocycles. The molecule has 0 spiro atoms. The molecule has 3 rings (SSSR count). The molecule has 1 N–H and O–H groups in total. The van der Waals surface area contributed by atoms with Gasteiger partial charge in [0.05, 0.1) is 20.8 Å². The van der Waals surface area contributed by atoms with Gasteiger partial charge >= 0.3 is 5.97 Å². The molecule has 156 valence electrons. The molecule has 3 aromatic rings. The van der Waals surface area contributed by atoms with E-state index in [1.54, 1.807) is 42.6 Å². The van der Waals surface area contributed by atoms with Crippen LogP contribution in [0.3, 0.4) is 0 Å². The number of amides is 1. The van der Waals surface area contributed by atoms with Gasteiger partial charge in [0.2, 0.25) is 0 Å². The van der Waals surface area contributed by atoms with Gasteiger partial charge in [0.15, 0.2) is 11.5 Å². The fourth-order valence-corrected chi connectivity index (χ4v) is 3.93. The highest BCUT2D eigenvalue weighted by Crippen LogP contribution is 2.37. The van der Waals surface area contributed by atoms with Crippen LogP contribution in [0.15, 0.2) is 47.8 Å². The molecule has 8 heteroatoms. The van der Waals surface area contributed by atoms with Gasteiger partial charge in [-0.3, -0.25) is 4.79 Å². The lowest BCUT2D eigenvalue weighted by Gasteiger charge is -2.11. The van der Waals surface area contributed by atoms with Gasteiger partial charge in [0.1, 0.15) is 10.6 Å². The van der Waals surface area contributed by atoms with E-state index in [4.69, 9.17) is 25.8 Å². The summed E-state index contributed by atoms with van der Waals surface area (Å²) in [6.45, 7) is 1.95. The van der Waals surface area contributed by atoms with Crippen molar-refractivity contribution in [2.75, 3.05) is 26.1 Å². The normalized spacial score (nSPS) is 10.4. The predicted molar refractivity (Wildman–Crippen MR) is 118 cm³/mol. The van der Waals surface area contributed by atoms with Crippen molar-refractivity contribution in [3.05, 3.63) is 64.0 Å². The maximum Gasteiger partial charge on any atom is 0.341 e. The average molecular weight is 446 g/mol. The molecule has 0 saturated heterocycles. The van der Waals surface area contributed by atoms with Crippen molar-refractivity contribution in [3.63, 3.8) is 0 Å². The van der Waals surface area contributed by atoms with Gasteiger partial charge in [-0.25, -0.2) is 4.79 Å². The number of hydrogen-bond donors (Lipinski definition) is 1. The third-order valence-electron chi connectivity index (χ3n) is 4.30. The van der Waals surface area contributed by atoms with E-state index in [0.717, 1.165) is 5.56 Å². The topological polar surface area (TPSA) is 73.9 Å². The van der Waals surface area contributed by atoms with E-state index in [9.17, 15) is 9.59 Å². The van der Waals surface area contributed by atoms with Crippen molar-refractivity contribution < 1.29 is 23.8 Å². The van der Waals surface area contributed by atoms with Gasteiger partial charge in [-0.15, -0.1) is 11.3 Å². The summed E-state index contributed by atoms with van der Waals surface area (Å²) in [4.78, 5) is 25.5. The molecule has 1 amide bonds. The van der Waals surface area contributed by atoms with Crippen molar-refractivity contribution in [2.45, 2.75) is 6.92 Å². The van der Waals surface area contributed by atoms with E-state index in [1.807, 2.05) is 12.1 Å². The Morgan fingerprint density at radius 3 is 2.37 bits per heavy atom. The number of rotatable bonds is 7. The first-order valence-electron chi connectivity index (χ1n) is 9.06. The molecule has 2 aromatic carbocycles. The maximum absolute atomic E-state index is 12.8. The van der Waals surface area contributed by atoms with Crippen LogP contribution >= 0.6 is 22.9 Å². The van der Waals surface area contributed by atoms with Crippen LogP contribution in [-0.4, -0.2) is 32.7 Å². The van der Waals surface area contributed by atoms with E-state index in [2.05, 4.69) is 5.32 Å². The van der Waals surface area contributed by atoms with Crippen molar-refractivity contribution in [1.82, 2.24) is 0 Å². The summed E-state index contributed by atoms with van der Waals surface area (Å²) in [6, 6.07) is 11.9. The average Bonchev–Trinajstić information content (AvgIpc) is 3.17. The SMILES string of the molecule is CCOC(=O)c1c(-c2ccc(Cl)cc2)csc1NC(=O)c1ccc(OC)c(OC)c1. The molecule has 30 heavy (non-hydrogen) atoms. The standard InChI is InChI=1S/C22H20ClNO5S/c1-4-29-22(26)19-16(13-5-8-15(23)9-6-13)12-30-21(19)24-20(25)14-7-10-17(27-2)18(11-14)28-3/h5-12H,4H2,1-3H3,(H,24,25). The lowest BCUT2D eigenvalue weighted by Crippen LogP contribution is -2.15. The number of carbonyl (C=O) groups excluding carboxylic acids is 2. The van der Waals surface area contributed by atoms with Crippen LogP contribution in [0.2, 0.25) is 5.02 Å². The van der Waals surface area contributed by atoms with E-state index in [0.29, 0.717) is 38.2 Å². The molecule has 0 radical (unpaired) electrons. The number of anilines is 1. The predicted octanol–water partition coefficient (Wildman–Crippen LogP) is 5.51. The summed E-state index contributed by atoms with van der Waals surface area (Å²) < 4.78 is 15.7. The second-order valence-electron chi connectivity index (χ2n) is 6.10. The quantitative estimate of drug-likeness (QED) is 0.485. The van der Waals surface area contributed by atoms with Gasteiger partial charge in [-0.1, -0.05) is 23.7 Å². The minimum absolute atomic E-state index is 0.220. The second-order valence-corrected chi connectivity index (χ2v) is 7.42. The van der Waals surface area contributed by atoms with Crippen LogP contribution in [0.4, 0.5) is 5.00 Å². The number of carbonyl (C=O) groups is 2. The number of hydrogen-bond acceptors (Lipinski definition) is 6. The Hall–Kier alpha value is -3.03. The number of thiophene rings is 1. The van der Waals surface area contributed by atoms with Crippen molar-refractivity contribution in [3.8, 4) is 22.6 Å². The van der Waals surface area contributed by atoms with Crippen LogP contribution in [-0.2, 0) is 4.74 Å². The van der Waals surface area contributed by atoms with Crippen LogP contribution in [0.25, 0.3) is 11.1 Å². The van der Waals surface area contributed by atoms with Crippen LogP contribution < -0.4 is 14.8 Å². The number of halogens is 1. The number of esters is 1. The lowest BCUT2D eigenvalue weighted by molar-refractivity contribution is 0.0529. The Morgan fingerprint density at radius 2 is 1.73 bits per heavy atom. The summed E-state index contributed by atoms with van der Waals surface area (Å²) in [5, 5.41) is 5.61. The van der Waals surface area contributed by atoms with Crippen LogP contribution in [0, 0.1) is 0 Å². The summed E-state index contributed by atoms with van der Waals surface area (Å²) in [7, 11) is 3.02. The van der Waals surface area contributed by atoms with Gasteiger partial charge in [0.25, 0.3) is 5.91 Å². The largest absolute Gasteiger partial charge is 0.493 e. The first-order valence-corrected chi connectivity index (χ1v) is 10.3. The third kappa shape index (κ3) is 4.58. The van der Waals surface area contributed by atoms with E-state index < -0.39 is 5.97 Å². The molecule has 0 saturated carbocycles. The molecule has 0 bridgehead atoms. The Balaban J connectivity index is 1.96. The van der Waals surface area contributed by atoms with Crippen molar-refractivity contribution in [2.24, 2.45) is 0 Å². The zero-order chi connectivity index (χ0) is 21.7. The minimum Gasteiger partial charge on any atom is -0.493 e. The second kappa shape index (κ2) is 9.65. The third-order valence-corrected chi connectivity index (χ3v) is 5.45. The highest BCUT2D eigenvalue weighted by molar-refractivity contribution is 7.15. The van der Waals surface area contributed by atoms with E-state index in [-0.39, 0.29) is 12.5 Å². The fourth-order valence-electron chi connectivity index (χ4n) is 2.85. The summed E-state index contributed by atoms with van der Waals surface area (Å²) in [6.07, 6.45) is 0. The van der Waals surface area contributed by atoms with E-state index in [1.165, 1.54) is 25.6 Å². The summed E-state index contributed by atoms with van der Waals surface area (Å²) in [5.74, 6) is 0.0588. The molecular weight excluding hydrogens is 426 g/mol. The van der Waals surface area contributed by atoms with Crippen molar-refractivity contribution >= 4 is 39.8 Å². The molecule has 0 fully saturated rings. The van der Waals surface area contributed by atoms with Gasteiger partial charge in [-0.05, 0) is 42.8 Å². The summed E-state index contributed by atoms with van der Waals surface area (Å²) >= 11 is 7.22. The van der Waals surface area contributed by atoms with Crippen molar-refractivity contribution in [1.29, 1.82) is 0 Å².